The number of hydrogen-bond donors (Lipinski definition) is 1. The van der Waals surface area contributed by atoms with Crippen LogP contribution in [0.2, 0.25) is 0 Å². The molecule has 2 heterocycles. The number of aromatic nitrogens is 1. The van der Waals surface area contributed by atoms with Crippen LogP contribution < -0.4 is 10.5 Å². The monoisotopic (exact) mass is 284 g/mol. The van der Waals surface area contributed by atoms with Crippen LogP contribution in [-0.2, 0) is 0 Å². The minimum absolute atomic E-state index is 0.181. The fourth-order valence-electron chi connectivity index (χ4n) is 2.27. The van der Waals surface area contributed by atoms with Crippen molar-refractivity contribution in [1.29, 1.82) is 0 Å². The third-order valence-corrected chi connectivity index (χ3v) is 4.23. The van der Waals surface area contributed by atoms with Crippen molar-refractivity contribution in [3.63, 3.8) is 0 Å². The van der Waals surface area contributed by atoms with Crippen LogP contribution in [0.5, 0.6) is 5.75 Å². The Labute approximate surface area is 122 Å². The highest BCUT2D eigenvalue weighted by atomic mass is 32.1. The van der Waals surface area contributed by atoms with Crippen molar-refractivity contribution < 1.29 is 4.74 Å². The van der Waals surface area contributed by atoms with E-state index in [-0.39, 0.29) is 6.04 Å². The van der Waals surface area contributed by atoms with Crippen molar-refractivity contribution >= 4 is 21.4 Å². The molecule has 0 radical (unpaired) electrons. The number of thiophene rings is 1. The van der Waals surface area contributed by atoms with Crippen molar-refractivity contribution in [2.75, 3.05) is 6.61 Å². The maximum absolute atomic E-state index is 6.40. The molecule has 2 N–H and O–H groups in total. The van der Waals surface area contributed by atoms with Crippen LogP contribution in [-0.4, -0.2) is 11.6 Å². The van der Waals surface area contributed by atoms with Crippen LogP contribution in [0.15, 0.2) is 48.1 Å². The molecule has 0 fully saturated rings. The zero-order valence-corrected chi connectivity index (χ0v) is 12.1. The van der Waals surface area contributed by atoms with E-state index in [1.165, 1.54) is 10.1 Å². The summed E-state index contributed by atoms with van der Waals surface area (Å²) in [6.07, 6.45) is 3.52. The van der Waals surface area contributed by atoms with Gasteiger partial charge in [-0.3, -0.25) is 4.98 Å². The van der Waals surface area contributed by atoms with Crippen molar-refractivity contribution in [1.82, 2.24) is 4.98 Å². The maximum atomic E-state index is 6.40. The lowest BCUT2D eigenvalue weighted by Gasteiger charge is -2.12. The van der Waals surface area contributed by atoms with E-state index in [0.29, 0.717) is 6.61 Å². The molecule has 0 amide bonds. The van der Waals surface area contributed by atoms with E-state index < -0.39 is 0 Å². The minimum Gasteiger partial charge on any atom is -0.492 e. The Kier molecular flexibility index (Phi) is 3.67. The summed E-state index contributed by atoms with van der Waals surface area (Å²) >= 11 is 1.72. The first-order chi connectivity index (χ1) is 9.79. The van der Waals surface area contributed by atoms with Crippen molar-refractivity contribution in [2.24, 2.45) is 5.73 Å². The molecule has 4 heteroatoms. The zero-order valence-electron chi connectivity index (χ0n) is 11.2. The zero-order chi connectivity index (χ0) is 13.9. The van der Waals surface area contributed by atoms with Gasteiger partial charge in [-0.25, -0.2) is 0 Å². The van der Waals surface area contributed by atoms with E-state index in [0.717, 1.165) is 16.9 Å². The topological polar surface area (TPSA) is 48.1 Å². The molecule has 3 aromatic rings. The molecular formula is C16H16N2OS. The van der Waals surface area contributed by atoms with Crippen LogP contribution in [0.4, 0.5) is 0 Å². The van der Waals surface area contributed by atoms with E-state index in [4.69, 9.17) is 10.5 Å². The van der Waals surface area contributed by atoms with E-state index in [1.54, 1.807) is 23.7 Å². The summed E-state index contributed by atoms with van der Waals surface area (Å²) in [5, 5.41) is 3.34. The fourth-order valence-corrected chi connectivity index (χ4v) is 3.27. The molecule has 0 aliphatic carbocycles. The Morgan fingerprint density at radius 1 is 1.30 bits per heavy atom. The van der Waals surface area contributed by atoms with Gasteiger partial charge in [-0.05, 0) is 40.9 Å². The Morgan fingerprint density at radius 2 is 2.15 bits per heavy atom. The summed E-state index contributed by atoms with van der Waals surface area (Å²) < 4.78 is 6.74. The lowest BCUT2D eigenvalue weighted by atomic mass is 10.0. The third kappa shape index (κ3) is 2.40. The molecule has 102 valence electrons. The Bertz CT molecular complexity index is 723. The quantitative estimate of drug-likeness (QED) is 0.794. The van der Waals surface area contributed by atoms with E-state index in [1.807, 2.05) is 25.1 Å². The van der Waals surface area contributed by atoms with Gasteiger partial charge in [0, 0.05) is 10.9 Å². The standard InChI is InChI=1S/C16H16N2OS/c1-2-19-12-7-11(8-18-9-12)16(17)14-10-20-15-6-4-3-5-13(14)15/h3-10,16H,2,17H2,1H3. The van der Waals surface area contributed by atoms with Gasteiger partial charge >= 0.3 is 0 Å². The van der Waals surface area contributed by atoms with Crippen LogP contribution in [0.3, 0.4) is 0 Å². The summed E-state index contributed by atoms with van der Waals surface area (Å²) in [5.74, 6) is 0.764. The molecule has 0 aliphatic heterocycles. The second-order valence-electron chi connectivity index (χ2n) is 4.55. The van der Waals surface area contributed by atoms with Gasteiger partial charge in [0.1, 0.15) is 5.75 Å². The number of benzene rings is 1. The van der Waals surface area contributed by atoms with E-state index >= 15 is 0 Å². The number of nitrogens with two attached hydrogens (primary N) is 1. The van der Waals surface area contributed by atoms with Gasteiger partial charge in [-0.2, -0.15) is 0 Å². The highest BCUT2D eigenvalue weighted by molar-refractivity contribution is 7.17. The van der Waals surface area contributed by atoms with Crippen LogP contribution in [0.25, 0.3) is 10.1 Å². The number of pyridine rings is 1. The average molecular weight is 284 g/mol. The molecule has 0 bridgehead atoms. The lowest BCUT2D eigenvalue weighted by Crippen LogP contribution is -2.11. The summed E-state index contributed by atoms with van der Waals surface area (Å²) in [6.45, 7) is 2.58. The molecule has 0 spiro atoms. The number of rotatable bonds is 4. The molecule has 1 unspecified atom stereocenters. The molecule has 1 atom stereocenters. The molecule has 3 nitrogen and oxygen atoms in total. The first-order valence-corrected chi connectivity index (χ1v) is 7.47. The highest BCUT2D eigenvalue weighted by Gasteiger charge is 2.14. The summed E-state index contributed by atoms with van der Waals surface area (Å²) in [5.41, 5.74) is 8.51. The number of hydrogen-bond acceptors (Lipinski definition) is 4. The van der Waals surface area contributed by atoms with Gasteiger partial charge in [0.15, 0.2) is 0 Å². The predicted octanol–water partition coefficient (Wildman–Crippen LogP) is 3.74. The van der Waals surface area contributed by atoms with Gasteiger partial charge in [-0.15, -0.1) is 11.3 Å². The smallest absolute Gasteiger partial charge is 0.137 e. The van der Waals surface area contributed by atoms with Crippen molar-refractivity contribution in [2.45, 2.75) is 13.0 Å². The molecule has 2 aromatic heterocycles. The van der Waals surface area contributed by atoms with Gasteiger partial charge in [-0.1, -0.05) is 18.2 Å². The van der Waals surface area contributed by atoms with Crippen molar-refractivity contribution in [3.8, 4) is 5.75 Å². The summed E-state index contributed by atoms with van der Waals surface area (Å²) in [7, 11) is 0. The second-order valence-corrected chi connectivity index (χ2v) is 5.46. The molecule has 20 heavy (non-hydrogen) atoms. The first-order valence-electron chi connectivity index (χ1n) is 6.59. The summed E-state index contributed by atoms with van der Waals surface area (Å²) in [6, 6.07) is 10.1. The second kappa shape index (κ2) is 5.61. The van der Waals surface area contributed by atoms with E-state index in [9.17, 15) is 0 Å². The highest BCUT2D eigenvalue weighted by Crippen LogP contribution is 2.32. The van der Waals surface area contributed by atoms with Crippen molar-refractivity contribution in [3.05, 3.63) is 59.2 Å². The third-order valence-electron chi connectivity index (χ3n) is 3.25. The number of nitrogens with zero attached hydrogens (tertiary/aromatic N) is 1. The largest absolute Gasteiger partial charge is 0.492 e. The first kappa shape index (κ1) is 13.1. The maximum Gasteiger partial charge on any atom is 0.137 e. The predicted molar refractivity (Wildman–Crippen MR) is 83.3 cm³/mol. The molecule has 0 saturated carbocycles. The van der Waals surface area contributed by atoms with E-state index in [2.05, 4.69) is 22.5 Å². The number of fused-ring (bicyclic) bond motifs is 1. The average Bonchev–Trinajstić information content (AvgIpc) is 2.91. The fraction of sp³-hybridized carbons (Fsp3) is 0.188. The normalized spacial score (nSPS) is 12.5. The van der Waals surface area contributed by atoms with Crippen LogP contribution in [0, 0.1) is 0 Å². The minimum atomic E-state index is -0.181. The van der Waals surface area contributed by atoms with Crippen LogP contribution >= 0.6 is 11.3 Å². The van der Waals surface area contributed by atoms with Gasteiger partial charge in [0.05, 0.1) is 18.8 Å². The Hall–Kier alpha value is -1.91. The molecule has 1 aromatic carbocycles. The number of ether oxygens (including phenoxy) is 1. The summed E-state index contributed by atoms with van der Waals surface area (Å²) in [4.78, 5) is 4.21. The Balaban J connectivity index is 1.99. The SMILES string of the molecule is CCOc1cncc(C(N)c2csc3ccccc23)c1. The molecule has 0 saturated heterocycles. The van der Waals surface area contributed by atoms with Gasteiger partial charge in [0.25, 0.3) is 0 Å². The Morgan fingerprint density at radius 3 is 3.00 bits per heavy atom. The van der Waals surface area contributed by atoms with Crippen LogP contribution in [0.1, 0.15) is 24.1 Å². The molecule has 3 rings (SSSR count). The molecular weight excluding hydrogens is 268 g/mol. The van der Waals surface area contributed by atoms with Gasteiger partial charge in [0.2, 0.25) is 0 Å². The lowest BCUT2D eigenvalue weighted by molar-refractivity contribution is 0.338. The van der Waals surface area contributed by atoms with Gasteiger partial charge < -0.3 is 10.5 Å². The molecule has 0 aliphatic rings.